The molecule has 1 aliphatic rings. The number of rotatable bonds is 4. The molecular weight excluding hydrogens is 286 g/mol. The second kappa shape index (κ2) is 5.80. The summed E-state index contributed by atoms with van der Waals surface area (Å²) in [6, 6.07) is 15.9. The van der Waals surface area contributed by atoms with Crippen molar-refractivity contribution in [2.24, 2.45) is 0 Å². The third kappa shape index (κ3) is 2.93. The summed E-state index contributed by atoms with van der Waals surface area (Å²) in [6.45, 7) is 0.612. The third-order valence-corrected chi connectivity index (χ3v) is 4.17. The number of para-hydroxylation sites is 1. The molecule has 114 valence electrons. The Morgan fingerprint density at radius 2 is 1.83 bits per heavy atom. The largest absolute Gasteiger partial charge is 0.330 e. The van der Waals surface area contributed by atoms with E-state index in [1.807, 2.05) is 53.4 Å². The van der Waals surface area contributed by atoms with Crippen LogP contribution < -0.4 is 0 Å². The van der Waals surface area contributed by atoms with Crippen molar-refractivity contribution >= 4 is 16.8 Å². The lowest BCUT2D eigenvalue weighted by atomic mass is 10.2. The van der Waals surface area contributed by atoms with E-state index in [9.17, 15) is 4.79 Å². The lowest BCUT2D eigenvalue weighted by molar-refractivity contribution is 0.0724. The maximum Gasteiger partial charge on any atom is 0.273 e. The molecule has 4 heteroatoms. The first kappa shape index (κ1) is 13.9. The van der Waals surface area contributed by atoms with Crippen LogP contribution in [0, 0.1) is 0 Å². The standard InChI is InChI=1S/C19H17N3O/c23-19(18-8-5-15-3-1-2-4-17(15)21-18)22(16-6-7-16)13-14-9-11-20-12-10-14/h1-5,8-12,16H,6-7,13H2. The number of pyridine rings is 2. The van der Waals surface area contributed by atoms with Crippen molar-refractivity contribution in [3.05, 3.63) is 72.2 Å². The van der Waals surface area contributed by atoms with E-state index >= 15 is 0 Å². The zero-order valence-electron chi connectivity index (χ0n) is 12.7. The number of nitrogens with zero attached hydrogens (tertiary/aromatic N) is 3. The summed E-state index contributed by atoms with van der Waals surface area (Å²) in [5.41, 5.74) is 2.48. The summed E-state index contributed by atoms with van der Waals surface area (Å²) in [5, 5.41) is 1.05. The number of fused-ring (bicyclic) bond motifs is 1. The van der Waals surface area contributed by atoms with Crippen LogP contribution in [0.5, 0.6) is 0 Å². The van der Waals surface area contributed by atoms with Crippen LogP contribution in [0.15, 0.2) is 60.9 Å². The Kier molecular flexibility index (Phi) is 3.50. The van der Waals surface area contributed by atoms with Gasteiger partial charge < -0.3 is 4.90 Å². The predicted molar refractivity (Wildman–Crippen MR) is 88.9 cm³/mol. The highest BCUT2D eigenvalue weighted by Crippen LogP contribution is 2.29. The molecule has 2 aromatic heterocycles. The van der Waals surface area contributed by atoms with Crippen LogP contribution in [-0.2, 0) is 6.54 Å². The Hall–Kier alpha value is -2.75. The maximum atomic E-state index is 12.9. The zero-order valence-corrected chi connectivity index (χ0v) is 12.7. The molecule has 0 spiro atoms. The van der Waals surface area contributed by atoms with Gasteiger partial charge in [-0.3, -0.25) is 9.78 Å². The molecule has 0 atom stereocenters. The van der Waals surface area contributed by atoms with Crippen LogP contribution in [0.2, 0.25) is 0 Å². The molecule has 1 amide bonds. The first-order valence-corrected chi connectivity index (χ1v) is 7.87. The van der Waals surface area contributed by atoms with Crippen LogP contribution in [0.4, 0.5) is 0 Å². The number of aromatic nitrogens is 2. The summed E-state index contributed by atoms with van der Waals surface area (Å²) in [6.07, 6.45) is 5.67. The number of carbonyl (C=O) groups is 1. The minimum atomic E-state index is 0.00932. The van der Waals surface area contributed by atoms with Gasteiger partial charge in [0.05, 0.1) is 5.52 Å². The van der Waals surface area contributed by atoms with Gasteiger partial charge in [-0.15, -0.1) is 0 Å². The molecule has 23 heavy (non-hydrogen) atoms. The van der Waals surface area contributed by atoms with E-state index in [-0.39, 0.29) is 5.91 Å². The van der Waals surface area contributed by atoms with Crippen molar-refractivity contribution in [2.45, 2.75) is 25.4 Å². The molecule has 0 bridgehead atoms. The van der Waals surface area contributed by atoms with E-state index in [0.29, 0.717) is 18.3 Å². The lowest BCUT2D eigenvalue weighted by Gasteiger charge is -2.22. The van der Waals surface area contributed by atoms with Gasteiger partial charge in [-0.05, 0) is 42.7 Å². The summed E-state index contributed by atoms with van der Waals surface area (Å²) < 4.78 is 0. The fourth-order valence-electron chi connectivity index (χ4n) is 2.77. The monoisotopic (exact) mass is 303 g/mol. The molecule has 1 aliphatic carbocycles. The molecule has 1 saturated carbocycles. The predicted octanol–water partition coefficient (Wildman–Crippen LogP) is 3.43. The van der Waals surface area contributed by atoms with Gasteiger partial charge >= 0.3 is 0 Å². The topological polar surface area (TPSA) is 46.1 Å². The second-order valence-electron chi connectivity index (χ2n) is 5.91. The van der Waals surface area contributed by atoms with Gasteiger partial charge in [0.2, 0.25) is 0 Å². The fraction of sp³-hybridized carbons (Fsp3) is 0.211. The van der Waals surface area contributed by atoms with Crippen molar-refractivity contribution in [1.82, 2.24) is 14.9 Å². The average Bonchev–Trinajstić information content (AvgIpc) is 3.44. The molecule has 1 aromatic carbocycles. The minimum absolute atomic E-state index is 0.00932. The summed E-state index contributed by atoms with van der Waals surface area (Å²) in [4.78, 5) is 23.4. The van der Waals surface area contributed by atoms with E-state index in [1.165, 1.54) is 0 Å². The van der Waals surface area contributed by atoms with Crippen LogP contribution in [-0.4, -0.2) is 26.8 Å². The molecule has 4 rings (SSSR count). The SMILES string of the molecule is O=C(c1ccc2ccccc2n1)N(Cc1ccncc1)C1CC1. The Morgan fingerprint density at radius 3 is 2.61 bits per heavy atom. The number of hydrogen-bond acceptors (Lipinski definition) is 3. The van der Waals surface area contributed by atoms with E-state index < -0.39 is 0 Å². The van der Waals surface area contributed by atoms with E-state index in [4.69, 9.17) is 0 Å². The number of hydrogen-bond donors (Lipinski definition) is 0. The summed E-state index contributed by atoms with van der Waals surface area (Å²) in [5.74, 6) is 0.00932. The Labute approximate surface area is 134 Å². The van der Waals surface area contributed by atoms with Crippen molar-refractivity contribution in [1.29, 1.82) is 0 Å². The molecule has 4 nitrogen and oxygen atoms in total. The van der Waals surface area contributed by atoms with Gasteiger partial charge in [-0.1, -0.05) is 24.3 Å². The highest BCUT2D eigenvalue weighted by molar-refractivity contribution is 5.95. The van der Waals surface area contributed by atoms with Crippen LogP contribution in [0.25, 0.3) is 10.9 Å². The van der Waals surface area contributed by atoms with Crippen molar-refractivity contribution in [3.8, 4) is 0 Å². The minimum Gasteiger partial charge on any atom is -0.330 e. The third-order valence-electron chi connectivity index (χ3n) is 4.17. The van der Waals surface area contributed by atoms with Gasteiger partial charge in [0, 0.05) is 30.4 Å². The van der Waals surface area contributed by atoms with Crippen molar-refractivity contribution in [3.63, 3.8) is 0 Å². The van der Waals surface area contributed by atoms with E-state index in [0.717, 1.165) is 29.3 Å². The maximum absolute atomic E-state index is 12.9. The highest BCUT2D eigenvalue weighted by Gasteiger charge is 2.33. The van der Waals surface area contributed by atoms with Crippen LogP contribution >= 0.6 is 0 Å². The normalized spacial score (nSPS) is 13.9. The first-order valence-electron chi connectivity index (χ1n) is 7.87. The Bertz CT molecular complexity index is 843. The first-order chi connectivity index (χ1) is 11.3. The van der Waals surface area contributed by atoms with E-state index in [1.54, 1.807) is 12.4 Å². The number of amides is 1. The highest BCUT2D eigenvalue weighted by atomic mass is 16.2. The molecule has 0 aliphatic heterocycles. The van der Waals surface area contributed by atoms with E-state index in [2.05, 4.69) is 9.97 Å². The van der Waals surface area contributed by atoms with Crippen LogP contribution in [0.3, 0.4) is 0 Å². The molecule has 3 aromatic rings. The van der Waals surface area contributed by atoms with Gasteiger partial charge in [0.25, 0.3) is 5.91 Å². The smallest absolute Gasteiger partial charge is 0.273 e. The molecule has 0 unspecified atom stereocenters. The van der Waals surface area contributed by atoms with Gasteiger partial charge in [-0.25, -0.2) is 4.98 Å². The van der Waals surface area contributed by atoms with Crippen LogP contribution in [0.1, 0.15) is 28.9 Å². The average molecular weight is 303 g/mol. The zero-order chi connectivity index (χ0) is 15.6. The van der Waals surface area contributed by atoms with Gasteiger partial charge in [0.1, 0.15) is 5.69 Å². The van der Waals surface area contributed by atoms with Gasteiger partial charge in [-0.2, -0.15) is 0 Å². The molecule has 2 heterocycles. The second-order valence-corrected chi connectivity index (χ2v) is 5.91. The molecule has 0 radical (unpaired) electrons. The summed E-state index contributed by atoms with van der Waals surface area (Å²) in [7, 11) is 0. The molecule has 0 N–H and O–H groups in total. The molecular formula is C19H17N3O. The number of benzene rings is 1. The molecule has 0 saturated heterocycles. The fourth-order valence-corrected chi connectivity index (χ4v) is 2.77. The number of carbonyl (C=O) groups excluding carboxylic acids is 1. The quantitative estimate of drug-likeness (QED) is 0.742. The molecule has 1 fully saturated rings. The van der Waals surface area contributed by atoms with Gasteiger partial charge in [0.15, 0.2) is 0 Å². The van der Waals surface area contributed by atoms with Crippen molar-refractivity contribution < 1.29 is 4.79 Å². The summed E-state index contributed by atoms with van der Waals surface area (Å²) >= 11 is 0. The van der Waals surface area contributed by atoms with Crippen molar-refractivity contribution in [2.75, 3.05) is 0 Å². The Morgan fingerprint density at radius 1 is 1.04 bits per heavy atom. The Balaban J connectivity index is 1.63. The lowest BCUT2D eigenvalue weighted by Crippen LogP contribution is -2.33.